The highest BCUT2D eigenvalue weighted by Crippen LogP contribution is 2.41. The molecule has 0 aliphatic heterocycles. The van der Waals surface area contributed by atoms with E-state index in [0.717, 1.165) is 44.0 Å². The molecule has 20 heavy (non-hydrogen) atoms. The number of alkyl halides is 3. The van der Waals surface area contributed by atoms with Gasteiger partial charge in [-0.25, -0.2) is 0 Å². The van der Waals surface area contributed by atoms with Gasteiger partial charge in [0.25, 0.3) is 0 Å². The minimum Gasteiger partial charge on any atom is -0.316 e. The van der Waals surface area contributed by atoms with Gasteiger partial charge in [0, 0.05) is 6.54 Å². The van der Waals surface area contributed by atoms with Crippen LogP contribution < -0.4 is 5.32 Å². The molecule has 0 radical (unpaired) electrons. The third-order valence-corrected chi connectivity index (χ3v) is 4.25. The summed E-state index contributed by atoms with van der Waals surface area (Å²) in [5.41, 5.74) is 0.409. The minimum atomic E-state index is -4.25. The van der Waals surface area contributed by atoms with Crippen molar-refractivity contribution < 1.29 is 13.2 Å². The molecule has 0 aromatic heterocycles. The van der Waals surface area contributed by atoms with E-state index >= 15 is 0 Å². The Morgan fingerprint density at radius 2 is 1.90 bits per heavy atom. The molecule has 0 atom stereocenters. The molecule has 1 aliphatic carbocycles. The van der Waals surface area contributed by atoms with E-state index in [2.05, 4.69) is 12.2 Å². The summed E-state index contributed by atoms with van der Waals surface area (Å²) in [6.45, 7) is 3.87. The van der Waals surface area contributed by atoms with Crippen molar-refractivity contribution in [2.45, 2.75) is 45.2 Å². The highest BCUT2D eigenvalue weighted by atomic mass is 19.4. The van der Waals surface area contributed by atoms with E-state index in [1.54, 1.807) is 0 Å². The molecule has 2 rings (SSSR count). The number of rotatable bonds is 5. The fourth-order valence-electron chi connectivity index (χ4n) is 3.22. The zero-order valence-corrected chi connectivity index (χ0v) is 11.9. The molecular formula is C16H22F3N. The molecule has 1 nitrogen and oxygen atoms in total. The third-order valence-electron chi connectivity index (χ3n) is 4.25. The fourth-order valence-corrected chi connectivity index (χ4v) is 3.22. The van der Waals surface area contributed by atoms with Crippen molar-refractivity contribution in [2.24, 2.45) is 5.41 Å². The van der Waals surface area contributed by atoms with Gasteiger partial charge in [0.15, 0.2) is 0 Å². The first-order valence-electron chi connectivity index (χ1n) is 7.32. The lowest BCUT2D eigenvalue weighted by molar-refractivity contribution is -0.137. The number of hydrogen-bond donors (Lipinski definition) is 1. The maximum absolute atomic E-state index is 12.8. The molecule has 0 amide bonds. The third kappa shape index (κ3) is 3.75. The van der Waals surface area contributed by atoms with E-state index in [1.165, 1.54) is 25.0 Å². The van der Waals surface area contributed by atoms with Crippen LogP contribution in [0.5, 0.6) is 0 Å². The van der Waals surface area contributed by atoms with Crippen LogP contribution >= 0.6 is 0 Å². The van der Waals surface area contributed by atoms with Crippen LogP contribution in [0.15, 0.2) is 24.3 Å². The van der Waals surface area contributed by atoms with Crippen LogP contribution in [0.3, 0.4) is 0 Å². The van der Waals surface area contributed by atoms with Gasteiger partial charge >= 0.3 is 6.18 Å². The molecule has 0 spiro atoms. The van der Waals surface area contributed by atoms with Gasteiger partial charge in [-0.2, -0.15) is 13.2 Å². The molecule has 0 heterocycles. The first kappa shape index (κ1) is 15.4. The predicted molar refractivity (Wildman–Crippen MR) is 74.6 cm³/mol. The Bertz CT molecular complexity index is 434. The molecule has 0 bridgehead atoms. The lowest BCUT2D eigenvalue weighted by Crippen LogP contribution is -2.34. The number of benzene rings is 1. The molecule has 0 unspecified atom stereocenters. The summed E-state index contributed by atoms with van der Waals surface area (Å²) in [6.07, 6.45) is 1.08. The molecule has 1 aliphatic rings. The molecule has 1 aromatic carbocycles. The highest BCUT2D eigenvalue weighted by Gasteiger charge is 2.35. The van der Waals surface area contributed by atoms with E-state index in [4.69, 9.17) is 0 Å². The molecule has 112 valence electrons. The van der Waals surface area contributed by atoms with Gasteiger partial charge in [-0.15, -0.1) is 0 Å². The maximum Gasteiger partial charge on any atom is 0.416 e. The summed E-state index contributed by atoms with van der Waals surface area (Å²) >= 11 is 0. The average Bonchev–Trinajstić information content (AvgIpc) is 2.85. The summed E-state index contributed by atoms with van der Waals surface area (Å²) in [6, 6.07) is 5.80. The second-order valence-electron chi connectivity index (χ2n) is 5.86. The van der Waals surface area contributed by atoms with Crippen molar-refractivity contribution in [3.8, 4) is 0 Å². The quantitative estimate of drug-likeness (QED) is 0.844. The monoisotopic (exact) mass is 285 g/mol. The number of halogens is 3. The summed E-state index contributed by atoms with van der Waals surface area (Å²) in [5.74, 6) is 0. The van der Waals surface area contributed by atoms with Crippen LogP contribution in [0.4, 0.5) is 13.2 Å². The summed E-state index contributed by atoms with van der Waals surface area (Å²) in [5, 5.41) is 3.37. The summed E-state index contributed by atoms with van der Waals surface area (Å²) in [4.78, 5) is 0. The van der Waals surface area contributed by atoms with Crippen LogP contribution in [0, 0.1) is 5.41 Å². The summed E-state index contributed by atoms with van der Waals surface area (Å²) in [7, 11) is 0. The average molecular weight is 285 g/mol. The first-order chi connectivity index (χ1) is 9.45. The van der Waals surface area contributed by atoms with Crippen LogP contribution in [0.25, 0.3) is 0 Å². The van der Waals surface area contributed by atoms with Crippen molar-refractivity contribution in [3.63, 3.8) is 0 Å². The molecular weight excluding hydrogens is 263 g/mol. The van der Waals surface area contributed by atoms with E-state index in [0.29, 0.717) is 0 Å². The topological polar surface area (TPSA) is 12.0 Å². The Morgan fingerprint density at radius 3 is 2.50 bits per heavy atom. The van der Waals surface area contributed by atoms with E-state index < -0.39 is 11.7 Å². The molecule has 1 saturated carbocycles. The highest BCUT2D eigenvalue weighted by molar-refractivity contribution is 5.26. The number of nitrogens with one attached hydrogen (secondary N) is 1. The van der Waals surface area contributed by atoms with Crippen molar-refractivity contribution >= 4 is 0 Å². The van der Waals surface area contributed by atoms with Gasteiger partial charge < -0.3 is 5.32 Å². The van der Waals surface area contributed by atoms with Crippen molar-refractivity contribution in [2.75, 3.05) is 13.1 Å². The minimum absolute atomic E-state index is 0.139. The molecule has 1 aromatic rings. The summed E-state index contributed by atoms with van der Waals surface area (Å²) < 4.78 is 38.3. The Morgan fingerprint density at radius 1 is 1.20 bits per heavy atom. The van der Waals surface area contributed by atoms with Gasteiger partial charge in [-0.1, -0.05) is 38.0 Å². The SMILES string of the molecule is CCNCC1(Cc2cccc(C(F)(F)F)c2)CCCC1. The molecule has 1 N–H and O–H groups in total. The van der Waals surface area contributed by atoms with Crippen LogP contribution in [-0.4, -0.2) is 13.1 Å². The second-order valence-corrected chi connectivity index (χ2v) is 5.86. The van der Waals surface area contributed by atoms with Gasteiger partial charge in [-0.05, 0) is 42.9 Å². The van der Waals surface area contributed by atoms with Crippen LogP contribution in [-0.2, 0) is 12.6 Å². The smallest absolute Gasteiger partial charge is 0.316 e. The fraction of sp³-hybridized carbons (Fsp3) is 0.625. The normalized spacial score (nSPS) is 18.4. The van der Waals surface area contributed by atoms with Crippen molar-refractivity contribution in [1.82, 2.24) is 5.32 Å². The lowest BCUT2D eigenvalue weighted by Gasteiger charge is -2.29. The number of hydrogen-bond acceptors (Lipinski definition) is 1. The molecule has 0 saturated heterocycles. The molecule has 1 fully saturated rings. The van der Waals surface area contributed by atoms with Gasteiger partial charge in [0.2, 0.25) is 0 Å². The van der Waals surface area contributed by atoms with E-state index in [1.807, 2.05) is 6.07 Å². The van der Waals surface area contributed by atoms with E-state index in [9.17, 15) is 13.2 Å². The lowest BCUT2D eigenvalue weighted by atomic mass is 9.79. The Kier molecular flexibility index (Phi) is 4.74. The van der Waals surface area contributed by atoms with Crippen LogP contribution in [0.1, 0.15) is 43.7 Å². The Hall–Kier alpha value is -1.03. The van der Waals surface area contributed by atoms with E-state index in [-0.39, 0.29) is 5.41 Å². The van der Waals surface area contributed by atoms with Gasteiger partial charge in [-0.3, -0.25) is 0 Å². The Labute approximate surface area is 118 Å². The Balaban J connectivity index is 2.14. The second kappa shape index (κ2) is 6.17. The van der Waals surface area contributed by atoms with Crippen molar-refractivity contribution in [3.05, 3.63) is 35.4 Å². The standard InChI is InChI=1S/C16H22F3N/c1-2-20-12-15(8-3-4-9-15)11-13-6-5-7-14(10-13)16(17,18)19/h5-7,10,20H,2-4,8-9,11-12H2,1H3. The predicted octanol–water partition coefficient (Wildman–Crippen LogP) is 4.42. The zero-order valence-electron chi connectivity index (χ0n) is 11.9. The zero-order chi connectivity index (χ0) is 14.6. The molecule has 4 heteroatoms. The van der Waals surface area contributed by atoms with Crippen LogP contribution in [0.2, 0.25) is 0 Å². The largest absolute Gasteiger partial charge is 0.416 e. The van der Waals surface area contributed by atoms with Gasteiger partial charge in [0.05, 0.1) is 5.56 Å². The van der Waals surface area contributed by atoms with Crippen molar-refractivity contribution in [1.29, 1.82) is 0 Å². The first-order valence-corrected chi connectivity index (χ1v) is 7.32. The van der Waals surface area contributed by atoms with Gasteiger partial charge in [0.1, 0.15) is 0 Å². The maximum atomic E-state index is 12.8.